The first-order valence-electron chi connectivity index (χ1n) is 4.46. The average molecular weight is 518 g/mol. The molecule has 1 aliphatic heterocycles. The van der Waals surface area contributed by atoms with Crippen molar-refractivity contribution in [3.05, 3.63) is 43.1 Å². The van der Waals surface area contributed by atoms with E-state index in [1.54, 1.807) is 11.1 Å². The van der Waals surface area contributed by atoms with Crippen LogP contribution in [-0.2, 0) is 21.9 Å². The Balaban J connectivity index is -0.0000000110. The van der Waals surface area contributed by atoms with Crippen LogP contribution in [0.2, 0.25) is 0 Å². The van der Waals surface area contributed by atoms with E-state index in [0.29, 0.717) is 6.42 Å². The monoisotopic (exact) mass is 518 g/mol. The zero-order valence-corrected chi connectivity index (χ0v) is 15.9. The summed E-state index contributed by atoms with van der Waals surface area (Å²) in [6.07, 6.45) is 3.28. The molecule has 0 unspecified atom stereocenters. The Bertz CT molecular complexity index is 317. The standard InChI is InChI=1S/C6H9NO.Fe.3HNO3.9H2O/c1-2-7-5-3-4-6(7)8;;3*2-1(3)4;;;;;;;;;/h2H,1,3-5H2;;3*(H,2,3,4);9*1H2. The number of carbonyl (C=O) groups is 1. The van der Waals surface area contributed by atoms with Crippen molar-refractivity contribution in [3.63, 3.8) is 0 Å². The van der Waals surface area contributed by atoms with Crippen molar-refractivity contribution in [2.75, 3.05) is 6.54 Å². The Morgan fingerprint density at radius 3 is 1.03 bits per heavy atom. The van der Waals surface area contributed by atoms with E-state index >= 15 is 0 Å². The fourth-order valence-corrected chi connectivity index (χ4v) is 0.862. The van der Waals surface area contributed by atoms with Gasteiger partial charge in [-0.05, 0) is 12.6 Å². The van der Waals surface area contributed by atoms with E-state index in [1.165, 1.54) is 0 Å². The van der Waals surface area contributed by atoms with E-state index in [9.17, 15) is 4.79 Å². The van der Waals surface area contributed by atoms with Gasteiger partial charge in [-0.15, -0.1) is 30.3 Å². The third-order valence-electron chi connectivity index (χ3n) is 1.33. The third kappa shape index (κ3) is 178. The Labute approximate surface area is 176 Å². The van der Waals surface area contributed by atoms with Crippen molar-refractivity contribution in [1.82, 2.24) is 4.90 Å². The summed E-state index contributed by atoms with van der Waals surface area (Å²) in [6, 6.07) is 0. The summed E-state index contributed by atoms with van der Waals surface area (Å²) in [7, 11) is 0. The van der Waals surface area contributed by atoms with Crippen molar-refractivity contribution in [2.24, 2.45) is 0 Å². The number of rotatable bonds is 1. The van der Waals surface area contributed by atoms with Gasteiger partial charge in [0.05, 0.1) is 0 Å². The van der Waals surface area contributed by atoms with E-state index in [-0.39, 0.29) is 72.3 Å². The molecular weight excluding hydrogens is 488 g/mol. The minimum Gasteiger partial charge on any atom is -0.412 e. The van der Waals surface area contributed by atoms with Crippen LogP contribution in [0.1, 0.15) is 12.8 Å². The first-order valence-corrected chi connectivity index (χ1v) is 4.46. The Morgan fingerprint density at radius 1 is 0.767 bits per heavy atom. The van der Waals surface area contributed by atoms with E-state index in [0.717, 1.165) is 13.0 Å². The van der Waals surface area contributed by atoms with Crippen molar-refractivity contribution < 1.29 is 102 Å². The molecule has 0 radical (unpaired) electrons. The number of carbonyl (C=O) groups excluding carboxylic acids is 1. The van der Waals surface area contributed by atoms with Gasteiger partial charge in [0.1, 0.15) is 0 Å². The molecule has 1 heterocycles. The van der Waals surface area contributed by atoms with Gasteiger partial charge in [-0.1, -0.05) is 6.58 Å². The van der Waals surface area contributed by atoms with Gasteiger partial charge in [0.2, 0.25) is 5.91 Å². The molecule has 24 heteroatoms. The maximum Gasteiger partial charge on any atom is 0.291 e. The second kappa shape index (κ2) is 63.5. The van der Waals surface area contributed by atoms with Crippen molar-refractivity contribution >= 4 is 5.91 Å². The van der Waals surface area contributed by atoms with Crippen molar-refractivity contribution in [3.8, 4) is 0 Å². The van der Waals surface area contributed by atoms with Crippen LogP contribution in [0.4, 0.5) is 0 Å². The smallest absolute Gasteiger partial charge is 0.291 e. The molecular formula is C6H30FeN4O19. The largest absolute Gasteiger partial charge is 0.412 e. The normalized spacial score (nSPS) is 7.60. The average Bonchev–Trinajstić information content (AvgIpc) is 2.60. The molecule has 0 aromatic heterocycles. The van der Waals surface area contributed by atoms with E-state index < -0.39 is 15.3 Å². The maximum atomic E-state index is 10.7. The first kappa shape index (κ1) is 93.2. The predicted molar refractivity (Wildman–Crippen MR) is 90.0 cm³/mol. The van der Waals surface area contributed by atoms with Crippen LogP contribution in [0.3, 0.4) is 0 Å². The molecule has 0 spiro atoms. The SMILES string of the molecule is C=CN1CCCC1=O.O.O.O.O.O.O.O.O.O.O=[N+]([O-])O.O=[N+]([O-])O.O=[N+]([O-])O.[Fe]. The summed E-state index contributed by atoms with van der Waals surface area (Å²) in [5.74, 6) is 0.208. The summed E-state index contributed by atoms with van der Waals surface area (Å²) < 4.78 is 0. The number of hydrogen-bond donors (Lipinski definition) is 3. The Morgan fingerprint density at radius 2 is 0.967 bits per heavy atom. The van der Waals surface area contributed by atoms with Crippen LogP contribution in [0.25, 0.3) is 0 Å². The Hall–Kier alpha value is -3.03. The molecule has 0 aromatic rings. The first-order chi connectivity index (χ1) is 9.04. The van der Waals surface area contributed by atoms with Gasteiger partial charge in [-0.2, -0.15) is 0 Å². The van der Waals surface area contributed by atoms with E-state index in [1.807, 2.05) is 0 Å². The molecule has 21 N–H and O–H groups in total. The second-order valence-electron chi connectivity index (χ2n) is 2.59. The zero-order chi connectivity index (χ0) is 16.7. The Kier molecular flexibility index (Phi) is 197. The van der Waals surface area contributed by atoms with Crippen LogP contribution in [0.5, 0.6) is 0 Å². The molecule has 0 aromatic carbocycles. The summed E-state index contributed by atoms with van der Waals surface area (Å²) in [5.41, 5.74) is 0. The minimum atomic E-state index is -1.50. The molecule has 1 rings (SSSR count). The number of amides is 1. The summed E-state index contributed by atoms with van der Waals surface area (Å²) >= 11 is 0. The van der Waals surface area contributed by atoms with Gasteiger partial charge in [-0.3, -0.25) is 4.79 Å². The molecule has 1 saturated heterocycles. The number of nitrogens with zero attached hydrogens (tertiary/aromatic N) is 4. The quantitative estimate of drug-likeness (QED) is 0.167. The molecule has 196 valence electrons. The second-order valence-corrected chi connectivity index (χ2v) is 2.59. The fraction of sp³-hybridized carbons (Fsp3) is 0.500. The molecule has 1 aliphatic rings. The van der Waals surface area contributed by atoms with Crippen molar-refractivity contribution in [1.29, 1.82) is 0 Å². The van der Waals surface area contributed by atoms with Gasteiger partial charge in [0.25, 0.3) is 15.3 Å². The van der Waals surface area contributed by atoms with Crippen LogP contribution >= 0.6 is 0 Å². The molecule has 23 nitrogen and oxygen atoms in total. The molecule has 1 fully saturated rings. The van der Waals surface area contributed by atoms with Gasteiger partial charge in [0, 0.05) is 30.0 Å². The topological polar surface area (TPSA) is 494 Å². The van der Waals surface area contributed by atoms with Gasteiger partial charge in [-0.25, -0.2) is 0 Å². The van der Waals surface area contributed by atoms with E-state index in [4.69, 9.17) is 46.0 Å². The third-order valence-corrected chi connectivity index (χ3v) is 1.33. The number of likely N-dealkylation sites (tertiary alicyclic amines) is 1. The predicted octanol–water partition coefficient (Wildman–Crippen LogP) is -7.72. The van der Waals surface area contributed by atoms with Crippen LogP contribution in [0.15, 0.2) is 12.8 Å². The van der Waals surface area contributed by atoms with Gasteiger partial charge >= 0.3 is 0 Å². The van der Waals surface area contributed by atoms with Gasteiger partial charge < -0.3 is 69.8 Å². The van der Waals surface area contributed by atoms with E-state index in [2.05, 4.69) is 6.58 Å². The summed E-state index contributed by atoms with van der Waals surface area (Å²) in [6.45, 7) is 4.36. The minimum absolute atomic E-state index is 0. The molecule has 0 atom stereocenters. The van der Waals surface area contributed by atoms with Crippen LogP contribution in [0, 0.1) is 30.3 Å². The molecule has 0 saturated carbocycles. The maximum absolute atomic E-state index is 10.7. The summed E-state index contributed by atoms with van der Waals surface area (Å²) in [4.78, 5) is 37.4. The fourth-order valence-electron chi connectivity index (χ4n) is 0.862. The van der Waals surface area contributed by atoms with Crippen LogP contribution in [-0.4, -0.2) is 97.5 Å². The summed E-state index contributed by atoms with van der Waals surface area (Å²) in [5, 5.41) is 40.9. The number of hydrogen-bond acceptors (Lipinski definition) is 7. The van der Waals surface area contributed by atoms with Gasteiger partial charge in [0.15, 0.2) is 0 Å². The van der Waals surface area contributed by atoms with Crippen molar-refractivity contribution in [2.45, 2.75) is 12.8 Å². The molecule has 30 heavy (non-hydrogen) atoms. The molecule has 1 amide bonds. The van der Waals surface area contributed by atoms with Crippen LogP contribution < -0.4 is 0 Å². The molecule has 0 aliphatic carbocycles. The molecule has 0 bridgehead atoms. The zero-order valence-electron chi connectivity index (χ0n) is 14.7.